The second-order valence-electron chi connectivity index (χ2n) is 7.61. The lowest BCUT2D eigenvalue weighted by atomic mass is 9.64. The molecule has 126 valence electrons. The van der Waals surface area contributed by atoms with E-state index < -0.39 is 5.41 Å². The van der Waals surface area contributed by atoms with E-state index in [4.69, 9.17) is 4.52 Å². The Bertz CT molecular complexity index is 797. The van der Waals surface area contributed by atoms with Crippen molar-refractivity contribution in [3.63, 3.8) is 0 Å². The van der Waals surface area contributed by atoms with Crippen LogP contribution in [0.2, 0.25) is 0 Å². The molecule has 1 aliphatic carbocycles. The van der Waals surface area contributed by atoms with Gasteiger partial charge in [0.1, 0.15) is 11.8 Å². The number of Topliss-reactive ketones (excluding diaryl/α,β-unsaturated/α-hetero) is 1. The molecule has 24 heavy (non-hydrogen) atoms. The summed E-state index contributed by atoms with van der Waals surface area (Å²) >= 11 is 0. The Labute approximate surface area is 141 Å². The molecule has 0 saturated carbocycles. The van der Waals surface area contributed by atoms with Crippen molar-refractivity contribution >= 4 is 11.7 Å². The van der Waals surface area contributed by atoms with E-state index in [0.29, 0.717) is 31.0 Å². The van der Waals surface area contributed by atoms with Gasteiger partial charge in [-0.15, -0.1) is 0 Å². The largest absolute Gasteiger partial charge is 0.361 e. The number of hydrogen-bond acceptors (Lipinski definition) is 5. The van der Waals surface area contributed by atoms with E-state index in [1.807, 2.05) is 26.8 Å². The van der Waals surface area contributed by atoms with Crippen molar-refractivity contribution in [2.24, 2.45) is 10.8 Å². The topological polar surface area (TPSA) is 87.2 Å². The molecule has 0 aromatic carbocycles. The van der Waals surface area contributed by atoms with Gasteiger partial charge >= 0.3 is 0 Å². The van der Waals surface area contributed by atoms with Gasteiger partial charge in [0, 0.05) is 29.5 Å². The predicted molar refractivity (Wildman–Crippen MR) is 86.0 cm³/mol. The maximum Gasteiger partial charge on any atom is 0.276 e. The molecule has 3 rings (SSSR count). The zero-order valence-corrected chi connectivity index (χ0v) is 14.5. The predicted octanol–water partition coefficient (Wildman–Crippen LogP) is 2.57. The van der Waals surface area contributed by atoms with Crippen LogP contribution in [0, 0.1) is 36.0 Å². The first-order chi connectivity index (χ1) is 11.2. The van der Waals surface area contributed by atoms with Crippen LogP contribution in [0.1, 0.15) is 48.5 Å². The Hall–Kier alpha value is -2.42. The Morgan fingerprint density at radius 1 is 1.42 bits per heavy atom. The van der Waals surface area contributed by atoms with Gasteiger partial charge in [0.15, 0.2) is 11.5 Å². The maximum absolute atomic E-state index is 12.7. The standard InChI is InChI=1S/C18H21N3O3/c1-11-12(2)24-20-14(11)16(23)21-6-5-18(10-21)7-13(8-19)15(22)17(3,4)9-18/h7H,5-6,9-10H2,1-4H3/t18-/m0/s1. The number of aromatic nitrogens is 1. The van der Waals surface area contributed by atoms with Gasteiger partial charge in [0.2, 0.25) is 0 Å². The van der Waals surface area contributed by atoms with Crippen LogP contribution in [-0.4, -0.2) is 34.8 Å². The lowest BCUT2D eigenvalue weighted by molar-refractivity contribution is -0.125. The number of nitriles is 1. The minimum atomic E-state index is -0.584. The lowest BCUT2D eigenvalue weighted by Gasteiger charge is -2.38. The van der Waals surface area contributed by atoms with Crippen LogP contribution in [0.4, 0.5) is 0 Å². The van der Waals surface area contributed by atoms with Crippen LogP contribution >= 0.6 is 0 Å². The van der Waals surface area contributed by atoms with Crippen LogP contribution in [0.25, 0.3) is 0 Å². The molecular weight excluding hydrogens is 306 g/mol. The molecule has 0 radical (unpaired) electrons. The minimum absolute atomic E-state index is 0.108. The summed E-state index contributed by atoms with van der Waals surface area (Å²) in [6.45, 7) is 8.43. The van der Waals surface area contributed by atoms with Gasteiger partial charge in [0.05, 0.1) is 5.57 Å². The van der Waals surface area contributed by atoms with Gasteiger partial charge in [-0.3, -0.25) is 9.59 Å². The lowest BCUT2D eigenvalue weighted by Crippen LogP contribution is -2.40. The first kappa shape index (κ1) is 16.4. The average Bonchev–Trinajstić information content (AvgIpc) is 3.07. The molecule has 1 amide bonds. The minimum Gasteiger partial charge on any atom is -0.361 e. The first-order valence-corrected chi connectivity index (χ1v) is 8.09. The van der Waals surface area contributed by atoms with Crippen LogP contribution in [0.5, 0.6) is 0 Å². The van der Waals surface area contributed by atoms with Crippen LogP contribution in [0.15, 0.2) is 16.2 Å². The molecule has 0 bridgehead atoms. The molecule has 1 aromatic rings. The number of allylic oxidation sites excluding steroid dienone is 1. The van der Waals surface area contributed by atoms with Gasteiger partial charge < -0.3 is 9.42 Å². The number of carbonyl (C=O) groups is 2. The van der Waals surface area contributed by atoms with Crippen molar-refractivity contribution in [1.29, 1.82) is 5.26 Å². The number of hydrogen-bond donors (Lipinski definition) is 0. The number of aryl methyl sites for hydroxylation is 1. The number of carbonyl (C=O) groups excluding carboxylic acids is 2. The fourth-order valence-corrected chi connectivity index (χ4v) is 3.93. The summed E-state index contributed by atoms with van der Waals surface area (Å²) in [4.78, 5) is 26.8. The smallest absolute Gasteiger partial charge is 0.276 e. The summed E-state index contributed by atoms with van der Waals surface area (Å²) in [7, 11) is 0. The number of rotatable bonds is 1. The van der Waals surface area contributed by atoms with Crippen molar-refractivity contribution in [3.8, 4) is 6.07 Å². The Kier molecular flexibility index (Phi) is 3.63. The van der Waals surface area contributed by atoms with Crippen molar-refractivity contribution in [2.45, 2.75) is 40.5 Å². The third-order valence-electron chi connectivity index (χ3n) is 5.26. The van der Waals surface area contributed by atoms with Gasteiger partial charge in [-0.2, -0.15) is 5.26 Å². The van der Waals surface area contributed by atoms with Crippen molar-refractivity contribution in [2.75, 3.05) is 13.1 Å². The summed E-state index contributed by atoms with van der Waals surface area (Å²) in [6, 6.07) is 2.03. The molecule has 6 heteroatoms. The van der Waals surface area contributed by atoms with E-state index in [9.17, 15) is 14.9 Å². The Balaban J connectivity index is 1.88. The Morgan fingerprint density at radius 3 is 2.71 bits per heavy atom. The molecule has 0 unspecified atom stereocenters. The van der Waals surface area contributed by atoms with Gasteiger partial charge in [-0.1, -0.05) is 25.1 Å². The van der Waals surface area contributed by atoms with E-state index >= 15 is 0 Å². The van der Waals surface area contributed by atoms with Crippen molar-refractivity contribution < 1.29 is 14.1 Å². The van der Waals surface area contributed by atoms with E-state index in [1.54, 1.807) is 17.9 Å². The van der Waals surface area contributed by atoms with Gasteiger partial charge in [-0.25, -0.2) is 0 Å². The molecule has 1 saturated heterocycles. The Morgan fingerprint density at radius 2 is 2.12 bits per heavy atom. The molecule has 2 heterocycles. The highest BCUT2D eigenvalue weighted by Gasteiger charge is 2.49. The highest BCUT2D eigenvalue weighted by molar-refractivity contribution is 6.03. The fourth-order valence-electron chi connectivity index (χ4n) is 3.93. The van der Waals surface area contributed by atoms with Crippen LogP contribution in [0.3, 0.4) is 0 Å². The van der Waals surface area contributed by atoms with E-state index in [2.05, 4.69) is 5.16 Å². The molecule has 1 spiro atoms. The summed E-state index contributed by atoms with van der Waals surface area (Å²) in [5, 5.41) is 13.2. The number of likely N-dealkylation sites (tertiary alicyclic amines) is 1. The third kappa shape index (κ3) is 2.44. The normalized spacial score (nSPS) is 25.7. The molecular formula is C18H21N3O3. The van der Waals surface area contributed by atoms with Crippen LogP contribution in [-0.2, 0) is 4.79 Å². The molecule has 1 atom stereocenters. The molecule has 1 fully saturated rings. The van der Waals surface area contributed by atoms with Crippen LogP contribution < -0.4 is 0 Å². The fraction of sp³-hybridized carbons (Fsp3) is 0.556. The average molecular weight is 327 g/mol. The number of amides is 1. The summed E-state index contributed by atoms with van der Waals surface area (Å²) < 4.78 is 5.10. The molecule has 2 aliphatic rings. The SMILES string of the molecule is Cc1onc(C(=O)N2CC[C@@]3(C=C(C#N)C(=O)C(C)(C)C3)C2)c1C. The highest BCUT2D eigenvalue weighted by atomic mass is 16.5. The second-order valence-corrected chi connectivity index (χ2v) is 7.61. The summed E-state index contributed by atoms with van der Waals surface area (Å²) in [6.07, 6.45) is 3.18. The quantitative estimate of drug-likeness (QED) is 0.791. The molecule has 1 aromatic heterocycles. The molecule has 1 aliphatic heterocycles. The van der Waals surface area contributed by atoms with Gasteiger partial charge in [-0.05, 0) is 26.7 Å². The van der Waals surface area contributed by atoms with Crippen molar-refractivity contribution in [1.82, 2.24) is 10.1 Å². The van der Waals surface area contributed by atoms with E-state index in [0.717, 1.165) is 12.0 Å². The number of nitrogens with zero attached hydrogens (tertiary/aromatic N) is 3. The summed E-state index contributed by atoms with van der Waals surface area (Å²) in [5.74, 6) is 0.384. The number of ketones is 1. The molecule has 6 nitrogen and oxygen atoms in total. The summed E-state index contributed by atoms with van der Waals surface area (Å²) in [5.41, 5.74) is 0.423. The van der Waals surface area contributed by atoms with Crippen molar-refractivity contribution in [3.05, 3.63) is 28.7 Å². The monoisotopic (exact) mass is 327 g/mol. The molecule has 0 N–H and O–H groups in total. The first-order valence-electron chi connectivity index (χ1n) is 8.09. The van der Waals surface area contributed by atoms with E-state index in [-0.39, 0.29) is 22.7 Å². The highest BCUT2D eigenvalue weighted by Crippen LogP contribution is 2.48. The van der Waals surface area contributed by atoms with E-state index in [1.165, 1.54) is 0 Å². The third-order valence-corrected chi connectivity index (χ3v) is 5.26. The van der Waals surface area contributed by atoms with Gasteiger partial charge in [0.25, 0.3) is 5.91 Å². The zero-order valence-electron chi connectivity index (χ0n) is 14.5. The second kappa shape index (κ2) is 5.30. The maximum atomic E-state index is 12.7. The zero-order chi connectivity index (χ0) is 17.7.